The van der Waals surface area contributed by atoms with E-state index in [1.54, 1.807) is 0 Å². The van der Waals surface area contributed by atoms with Crippen LogP contribution >= 0.6 is 0 Å². The van der Waals surface area contributed by atoms with Gasteiger partial charge in [-0.25, -0.2) is 0 Å². The van der Waals surface area contributed by atoms with E-state index in [2.05, 4.69) is 13.8 Å². The Hall–Kier alpha value is -1.64. The van der Waals surface area contributed by atoms with Gasteiger partial charge in [-0.3, -0.25) is 9.59 Å². The molecule has 0 saturated heterocycles. The minimum atomic E-state index is -0.711. The minimum Gasteiger partial charge on any atom is -0.465 e. The highest BCUT2D eigenvalue weighted by molar-refractivity contribution is 6.10. The molecule has 0 spiro atoms. The average molecular weight is 332 g/mol. The number of Topliss-reactive ketones (excluding diaryl/α,β-unsaturated/α-hetero) is 1. The molecule has 3 heteroatoms. The standard InChI is InChI=1S/C21H32O3/c1-13(2)8-9-24-21(23)18(10-14(3)4)20(22)19-16(6)11-15(5)12-17(19)7/h11-14,18H,8-10H2,1-7H3. The van der Waals surface area contributed by atoms with Gasteiger partial charge in [0.05, 0.1) is 6.61 Å². The number of carbonyl (C=O) groups excluding carboxylic acids is 2. The molecule has 0 aliphatic carbocycles. The van der Waals surface area contributed by atoms with Crippen molar-refractivity contribution in [3.8, 4) is 0 Å². The predicted molar refractivity (Wildman–Crippen MR) is 98.3 cm³/mol. The SMILES string of the molecule is Cc1cc(C)c(C(=O)C(CC(C)C)C(=O)OCCC(C)C)c(C)c1. The molecule has 0 radical (unpaired) electrons. The van der Waals surface area contributed by atoms with Crippen LogP contribution < -0.4 is 0 Å². The van der Waals surface area contributed by atoms with E-state index in [1.807, 2.05) is 46.8 Å². The van der Waals surface area contributed by atoms with Crippen LogP contribution in [0.2, 0.25) is 0 Å². The van der Waals surface area contributed by atoms with Crippen LogP contribution in [0.1, 0.15) is 67.6 Å². The van der Waals surface area contributed by atoms with Gasteiger partial charge in [0.2, 0.25) is 0 Å². The minimum absolute atomic E-state index is 0.103. The van der Waals surface area contributed by atoms with Gasteiger partial charge in [0.25, 0.3) is 0 Å². The van der Waals surface area contributed by atoms with Crippen LogP contribution in [-0.2, 0) is 9.53 Å². The molecule has 0 aromatic heterocycles. The fourth-order valence-corrected chi connectivity index (χ4v) is 3.02. The fourth-order valence-electron chi connectivity index (χ4n) is 3.02. The van der Waals surface area contributed by atoms with Crippen LogP contribution in [0.5, 0.6) is 0 Å². The smallest absolute Gasteiger partial charge is 0.316 e. The molecule has 1 atom stereocenters. The van der Waals surface area contributed by atoms with Gasteiger partial charge in [-0.1, -0.05) is 45.4 Å². The summed E-state index contributed by atoms with van der Waals surface area (Å²) in [6.07, 6.45) is 1.34. The lowest BCUT2D eigenvalue weighted by Gasteiger charge is -2.20. The molecule has 0 N–H and O–H groups in total. The summed E-state index contributed by atoms with van der Waals surface area (Å²) in [6, 6.07) is 3.99. The number of hydrogen-bond acceptors (Lipinski definition) is 3. The molecular weight excluding hydrogens is 300 g/mol. The fraction of sp³-hybridized carbons (Fsp3) is 0.619. The lowest BCUT2D eigenvalue weighted by Crippen LogP contribution is -2.29. The van der Waals surface area contributed by atoms with Crippen LogP contribution in [0.3, 0.4) is 0 Å². The lowest BCUT2D eigenvalue weighted by molar-refractivity contribution is -0.147. The summed E-state index contributed by atoms with van der Waals surface area (Å²) >= 11 is 0. The van der Waals surface area contributed by atoms with E-state index in [0.29, 0.717) is 24.5 Å². The molecule has 3 nitrogen and oxygen atoms in total. The molecule has 0 aliphatic heterocycles. The van der Waals surface area contributed by atoms with E-state index in [-0.39, 0.29) is 17.7 Å². The average Bonchev–Trinajstić information content (AvgIpc) is 2.42. The summed E-state index contributed by atoms with van der Waals surface area (Å²) in [5.74, 6) is -0.472. The first kappa shape index (κ1) is 20.4. The van der Waals surface area contributed by atoms with E-state index in [9.17, 15) is 9.59 Å². The maximum absolute atomic E-state index is 13.1. The van der Waals surface area contributed by atoms with Gasteiger partial charge in [0.1, 0.15) is 5.92 Å². The van der Waals surface area contributed by atoms with Crippen LogP contribution in [0.25, 0.3) is 0 Å². The van der Waals surface area contributed by atoms with Crippen molar-refractivity contribution in [1.82, 2.24) is 0 Å². The molecule has 1 aromatic rings. The number of rotatable bonds is 8. The Balaban J connectivity index is 3.03. The van der Waals surface area contributed by atoms with Gasteiger partial charge in [0, 0.05) is 5.56 Å². The normalized spacial score (nSPS) is 12.5. The molecule has 1 unspecified atom stereocenters. The topological polar surface area (TPSA) is 43.4 Å². The quantitative estimate of drug-likeness (QED) is 0.380. The first-order valence-electron chi connectivity index (χ1n) is 8.92. The monoisotopic (exact) mass is 332 g/mol. The van der Waals surface area contributed by atoms with Crippen LogP contribution in [0.4, 0.5) is 0 Å². The molecule has 0 bridgehead atoms. The largest absolute Gasteiger partial charge is 0.465 e. The van der Waals surface area contributed by atoms with Crippen molar-refractivity contribution >= 4 is 11.8 Å². The highest BCUT2D eigenvalue weighted by Gasteiger charge is 2.31. The number of benzene rings is 1. The first-order chi connectivity index (χ1) is 11.1. The summed E-state index contributed by atoms with van der Waals surface area (Å²) in [4.78, 5) is 25.6. The van der Waals surface area contributed by atoms with Gasteiger partial charge < -0.3 is 4.74 Å². The molecule has 0 amide bonds. The van der Waals surface area contributed by atoms with Crippen LogP contribution in [0.15, 0.2) is 12.1 Å². The molecule has 1 rings (SSSR count). The van der Waals surface area contributed by atoms with Crippen LogP contribution in [0, 0.1) is 38.5 Å². The summed E-state index contributed by atoms with van der Waals surface area (Å²) in [6.45, 7) is 14.5. The van der Waals surface area contributed by atoms with Crippen molar-refractivity contribution in [3.05, 3.63) is 34.4 Å². The highest BCUT2D eigenvalue weighted by atomic mass is 16.5. The molecule has 0 saturated carbocycles. The van der Waals surface area contributed by atoms with E-state index >= 15 is 0 Å². The number of aryl methyl sites for hydroxylation is 3. The third-order valence-corrected chi connectivity index (χ3v) is 4.17. The summed E-state index contributed by atoms with van der Waals surface area (Å²) in [5.41, 5.74) is 3.66. The second-order valence-corrected chi connectivity index (χ2v) is 7.67. The zero-order chi connectivity index (χ0) is 18.4. The Kier molecular flexibility index (Phi) is 7.65. The van der Waals surface area contributed by atoms with Gasteiger partial charge >= 0.3 is 5.97 Å². The second-order valence-electron chi connectivity index (χ2n) is 7.67. The molecule has 0 heterocycles. The summed E-state index contributed by atoms with van der Waals surface area (Å²) in [7, 11) is 0. The summed E-state index contributed by atoms with van der Waals surface area (Å²) in [5, 5.41) is 0. The Morgan fingerprint density at radius 1 is 0.958 bits per heavy atom. The number of hydrogen-bond donors (Lipinski definition) is 0. The Labute approximate surface area is 146 Å². The molecule has 134 valence electrons. The molecule has 1 aromatic carbocycles. The highest BCUT2D eigenvalue weighted by Crippen LogP contribution is 2.25. The van der Waals surface area contributed by atoms with Crippen molar-refractivity contribution in [2.45, 2.75) is 61.3 Å². The number of ether oxygens (including phenoxy) is 1. The number of ketones is 1. The summed E-state index contributed by atoms with van der Waals surface area (Å²) < 4.78 is 5.40. The zero-order valence-corrected chi connectivity index (χ0v) is 16.2. The zero-order valence-electron chi connectivity index (χ0n) is 16.2. The third kappa shape index (κ3) is 5.77. The molecule has 0 fully saturated rings. The number of carbonyl (C=O) groups is 2. The predicted octanol–water partition coefficient (Wildman–Crippen LogP) is 5.05. The third-order valence-electron chi connectivity index (χ3n) is 4.17. The Morgan fingerprint density at radius 3 is 1.96 bits per heavy atom. The Bertz CT molecular complexity index is 562. The van der Waals surface area contributed by atoms with Gasteiger partial charge in [-0.15, -0.1) is 0 Å². The first-order valence-corrected chi connectivity index (χ1v) is 8.92. The number of esters is 1. The van der Waals surface area contributed by atoms with Crippen molar-refractivity contribution in [1.29, 1.82) is 0 Å². The molecular formula is C21H32O3. The van der Waals surface area contributed by atoms with Crippen molar-refractivity contribution in [3.63, 3.8) is 0 Å². The van der Waals surface area contributed by atoms with E-state index in [4.69, 9.17) is 4.74 Å². The maximum atomic E-state index is 13.1. The van der Waals surface area contributed by atoms with Crippen molar-refractivity contribution in [2.75, 3.05) is 6.61 Å². The van der Waals surface area contributed by atoms with E-state index in [0.717, 1.165) is 23.1 Å². The second kappa shape index (κ2) is 9.00. The maximum Gasteiger partial charge on any atom is 0.316 e. The van der Waals surface area contributed by atoms with Gasteiger partial charge in [-0.2, -0.15) is 0 Å². The Morgan fingerprint density at radius 2 is 1.50 bits per heavy atom. The van der Waals surface area contributed by atoms with E-state index < -0.39 is 5.92 Å². The molecule has 0 aliphatic rings. The van der Waals surface area contributed by atoms with Crippen LogP contribution in [-0.4, -0.2) is 18.4 Å². The van der Waals surface area contributed by atoms with Crippen molar-refractivity contribution in [2.24, 2.45) is 17.8 Å². The van der Waals surface area contributed by atoms with Gasteiger partial charge in [-0.05, 0) is 56.6 Å². The van der Waals surface area contributed by atoms with Gasteiger partial charge in [0.15, 0.2) is 5.78 Å². The van der Waals surface area contributed by atoms with Crippen molar-refractivity contribution < 1.29 is 14.3 Å². The lowest BCUT2D eigenvalue weighted by atomic mass is 9.85. The van der Waals surface area contributed by atoms with E-state index in [1.165, 1.54) is 0 Å². The molecule has 24 heavy (non-hydrogen) atoms.